The van der Waals surface area contributed by atoms with E-state index in [0.29, 0.717) is 18.2 Å². The number of aromatic nitrogens is 4. The van der Waals surface area contributed by atoms with Crippen LogP contribution in [0.4, 0.5) is 5.95 Å². The Hall–Kier alpha value is -2.77. The zero-order valence-corrected chi connectivity index (χ0v) is 18.6. The van der Waals surface area contributed by atoms with Gasteiger partial charge in [-0.15, -0.1) is 0 Å². The van der Waals surface area contributed by atoms with Crippen molar-refractivity contribution in [2.45, 2.75) is 37.1 Å². The van der Waals surface area contributed by atoms with Crippen LogP contribution in [0.5, 0.6) is 0 Å². The Kier molecular flexibility index (Phi) is 6.07. The van der Waals surface area contributed by atoms with Crippen molar-refractivity contribution >= 4 is 17.5 Å². The topological polar surface area (TPSA) is 89.9 Å². The molecule has 4 rings (SSSR count). The van der Waals surface area contributed by atoms with Gasteiger partial charge in [0.25, 0.3) is 5.56 Å². The number of nitrogens with zero attached hydrogens (tertiary/aromatic N) is 5. The molecule has 0 atom stereocenters. The Bertz CT molecular complexity index is 1100. The van der Waals surface area contributed by atoms with Gasteiger partial charge in [-0.25, -0.2) is 14.6 Å². The number of hydrogen-bond donors (Lipinski definition) is 1. The summed E-state index contributed by atoms with van der Waals surface area (Å²) in [5.74, 6) is 0.628. The van der Waals surface area contributed by atoms with Crippen LogP contribution in [0.25, 0.3) is 11.3 Å². The number of nitrogens with two attached hydrogens (primary N) is 1. The average Bonchev–Trinajstić information content (AvgIpc) is 2.79. The van der Waals surface area contributed by atoms with Crippen molar-refractivity contribution in [2.24, 2.45) is 5.73 Å². The van der Waals surface area contributed by atoms with Crippen LogP contribution in [0.15, 0.2) is 53.6 Å². The van der Waals surface area contributed by atoms with Gasteiger partial charge in [-0.3, -0.25) is 4.79 Å². The van der Waals surface area contributed by atoms with Crippen molar-refractivity contribution in [1.29, 1.82) is 0 Å². The summed E-state index contributed by atoms with van der Waals surface area (Å²) in [5, 5.41) is 5.38. The van der Waals surface area contributed by atoms with Crippen LogP contribution in [0.1, 0.15) is 37.3 Å². The van der Waals surface area contributed by atoms with Gasteiger partial charge >= 0.3 is 0 Å². The lowest BCUT2D eigenvalue weighted by Crippen LogP contribution is -2.41. The van der Waals surface area contributed by atoms with Crippen molar-refractivity contribution in [3.63, 3.8) is 0 Å². The van der Waals surface area contributed by atoms with Gasteiger partial charge in [-0.05, 0) is 49.4 Å². The van der Waals surface area contributed by atoms with Gasteiger partial charge in [0.05, 0.1) is 11.7 Å². The molecule has 3 aromatic rings. The molecule has 0 spiro atoms. The molecule has 0 bridgehead atoms. The first kappa shape index (κ1) is 21.5. The van der Waals surface area contributed by atoms with Crippen LogP contribution in [-0.4, -0.2) is 40.4 Å². The molecule has 2 aromatic heterocycles. The van der Waals surface area contributed by atoms with E-state index in [1.54, 1.807) is 29.2 Å². The molecule has 0 amide bonds. The minimum absolute atomic E-state index is 0.0354. The summed E-state index contributed by atoms with van der Waals surface area (Å²) in [6.45, 7) is 0.554. The highest BCUT2D eigenvalue weighted by Crippen LogP contribution is 2.42. The van der Waals surface area contributed by atoms with Crippen molar-refractivity contribution in [1.82, 2.24) is 19.7 Å². The van der Waals surface area contributed by atoms with Crippen LogP contribution < -0.4 is 16.2 Å². The molecule has 2 N–H and O–H groups in total. The Morgan fingerprint density at radius 2 is 1.87 bits per heavy atom. The van der Waals surface area contributed by atoms with Crippen molar-refractivity contribution in [3.05, 3.63) is 69.7 Å². The molecule has 0 aliphatic heterocycles. The molecular formula is C23H27ClN6O. The van der Waals surface area contributed by atoms with E-state index in [4.69, 9.17) is 17.3 Å². The van der Waals surface area contributed by atoms with Crippen LogP contribution in [0.3, 0.4) is 0 Å². The Morgan fingerprint density at radius 3 is 2.48 bits per heavy atom. The zero-order valence-electron chi connectivity index (χ0n) is 17.8. The maximum absolute atomic E-state index is 12.6. The number of hydrogen-bond acceptors (Lipinski definition) is 6. The van der Waals surface area contributed by atoms with Crippen molar-refractivity contribution in [2.75, 3.05) is 25.5 Å². The van der Waals surface area contributed by atoms with Gasteiger partial charge < -0.3 is 10.6 Å². The lowest BCUT2D eigenvalue weighted by Gasteiger charge is -2.40. The van der Waals surface area contributed by atoms with E-state index in [1.807, 2.05) is 37.2 Å². The molecule has 162 valence electrons. The van der Waals surface area contributed by atoms with Crippen LogP contribution in [0.2, 0.25) is 5.02 Å². The molecular weight excluding hydrogens is 412 g/mol. The first-order valence-corrected chi connectivity index (χ1v) is 10.9. The highest BCUT2D eigenvalue weighted by atomic mass is 35.5. The Labute approximate surface area is 186 Å². The third-order valence-electron chi connectivity index (χ3n) is 6.24. The molecule has 1 aromatic carbocycles. The minimum Gasteiger partial charge on any atom is -0.347 e. The average molecular weight is 439 g/mol. The SMILES string of the molecule is CN(C)c1ncc(-c2ccc(=O)n(C3CCC(CN)(c4cccc(Cl)c4)CC3)n2)cn1. The lowest BCUT2D eigenvalue weighted by atomic mass is 9.68. The molecule has 0 saturated heterocycles. The molecule has 1 aliphatic rings. The minimum atomic E-state index is -0.113. The van der Waals surface area contributed by atoms with E-state index in [-0.39, 0.29) is 17.0 Å². The van der Waals surface area contributed by atoms with Crippen molar-refractivity contribution in [3.8, 4) is 11.3 Å². The lowest BCUT2D eigenvalue weighted by molar-refractivity contribution is 0.222. The maximum Gasteiger partial charge on any atom is 0.267 e. The molecule has 31 heavy (non-hydrogen) atoms. The van der Waals surface area contributed by atoms with Gasteiger partial charge in [0.15, 0.2) is 0 Å². The first-order valence-electron chi connectivity index (χ1n) is 10.5. The van der Waals surface area contributed by atoms with Gasteiger partial charge in [-0.2, -0.15) is 5.10 Å². The second-order valence-electron chi connectivity index (χ2n) is 8.39. The quantitative estimate of drug-likeness (QED) is 0.656. The second-order valence-corrected chi connectivity index (χ2v) is 8.83. The van der Waals surface area contributed by atoms with E-state index < -0.39 is 0 Å². The smallest absolute Gasteiger partial charge is 0.267 e. The fraction of sp³-hybridized carbons (Fsp3) is 0.391. The molecule has 8 heteroatoms. The first-order chi connectivity index (χ1) is 14.9. The monoisotopic (exact) mass is 438 g/mol. The third kappa shape index (κ3) is 4.34. The fourth-order valence-electron chi connectivity index (χ4n) is 4.35. The van der Waals surface area contributed by atoms with Crippen LogP contribution in [0, 0.1) is 0 Å². The van der Waals surface area contributed by atoms with Crippen molar-refractivity contribution < 1.29 is 0 Å². The predicted molar refractivity (Wildman–Crippen MR) is 124 cm³/mol. The Balaban J connectivity index is 1.57. The van der Waals surface area contributed by atoms with E-state index in [0.717, 1.165) is 36.3 Å². The highest BCUT2D eigenvalue weighted by molar-refractivity contribution is 6.30. The summed E-state index contributed by atoms with van der Waals surface area (Å²) in [5.41, 5.74) is 8.66. The normalized spacial score (nSPS) is 21.1. The number of anilines is 1. The summed E-state index contributed by atoms with van der Waals surface area (Å²) in [6.07, 6.45) is 6.89. The molecule has 1 aliphatic carbocycles. The number of benzene rings is 1. The molecule has 0 unspecified atom stereocenters. The molecule has 7 nitrogen and oxygen atoms in total. The summed E-state index contributed by atoms with van der Waals surface area (Å²) in [6, 6.07) is 11.3. The summed E-state index contributed by atoms with van der Waals surface area (Å²) >= 11 is 6.22. The summed E-state index contributed by atoms with van der Waals surface area (Å²) in [7, 11) is 3.78. The van der Waals surface area contributed by atoms with E-state index in [2.05, 4.69) is 21.1 Å². The summed E-state index contributed by atoms with van der Waals surface area (Å²) < 4.78 is 1.62. The van der Waals surface area contributed by atoms with E-state index >= 15 is 0 Å². The maximum atomic E-state index is 12.6. The second kappa shape index (κ2) is 8.77. The largest absolute Gasteiger partial charge is 0.347 e. The van der Waals surface area contributed by atoms with Gasteiger partial charge in [0, 0.05) is 55.1 Å². The summed E-state index contributed by atoms with van der Waals surface area (Å²) in [4.78, 5) is 23.2. The number of halogens is 1. The molecule has 0 radical (unpaired) electrons. The van der Waals surface area contributed by atoms with Gasteiger partial charge in [-0.1, -0.05) is 23.7 Å². The van der Waals surface area contributed by atoms with Gasteiger partial charge in [0.2, 0.25) is 5.95 Å². The van der Waals surface area contributed by atoms with Crippen LogP contribution in [-0.2, 0) is 5.41 Å². The molecule has 1 fully saturated rings. The van der Waals surface area contributed by atoms with Crippen LogP contribution >= 0.6 is 11.6 Å². The predicted octanol–water partition coefficient (Wildman–Crippen LogP) is 3.43. The molecule has 2 heterocycles. The fourth-order valence-corrected chi connectivity index (χ4v) is 4.54. The standard InChI is InChI=1S/C23H27ClN6O/c1-29(2)22-26-13-16(14-27-22)20-6-7-21(31)30(28-20)19-8-10-23(15-25,11-9-19)17-4-3-5-18(24)12-17/h3-7,12-14,19H,8-11,15,25H2,1-2H3. The van der Waals surface area contributed by atoms with E-state index in [1.165, 1.54) is 5.56 Å². The van der Waals surface area contributed by atoms with E-state index in [9.17, 15) is 4.79 Å². The highest BCUT2D eigenvalue weighted by Gasteiger charge is 2.37. The zero-order chi connectivity index (χ0) is 22.0. The Morgan fingerprint density at radius 1 is 1.16 bits per heavy atom. The molecule has 1 saturated carbocycles. The third-order valence-corrected chi connectivity index (χ3v) is 6.48. The van der Waals surface area contributed by atoms with Gasteiger partial charge in [0.1, 0.15) is 0 Å². The number of rotatable bonds is 5.